The van der Waals surface area contributed by atoms with Gasteiger partial charge in [0.05, 0.1) is 6.61 Å². The van der Waals surface area contributed by atoms with E-state index in [-0.39, 0.29) is 5.82 Å². The zero-order valence-corrected chi connectivity index (χ0v) is 11.4. The maximum Gasteiger partial charge on any atom is 0.125 e. The van der Waals surface area contributed by atoms with Crippen LogP contribution in [0.5, 0.6) is 5.75 Å². The fourth-order valence-electron chi connectivity index (χ4n) is 1.75. The third-order valence-electron chi connectivity index (χ3n) is 2.58. The van der Waals surface area contributed by atoms with Crippen molar-refractivity contribution in [3.8, 4) is 5.75 Å². The van der Waals surface area contributed by atoms with Gasteiger partial charge in [0.2, 0.25) is 0 Å². The first-order valence-corrected chi connectivity index (χ1v) is 6.47. The minimum Gasteiger partial charge on any atom is -0.494 e. The molecule has 0 aromatic heterocycles. The molecule has 0 saturated carbocycles. The van der Waals surface area contributed by atoms with Crippen LogP contribution >= 0.6 is 11.6 Å². The largest absolute Gasteiger partial charge is 0.494 e. The van der Waals surface area contributed by atoms with E-state index in [1.165, 1.54) is 12.1 Å². The maximum absolute atomic E-state index is 13.2. The Morgan fingerprint density at radius 2 is 1.89 bits per heavy atom. The summed E-state index contributed by atoms with van der Waals surface area (Å²) in [6.45, 7) is 3.11. The number of halogens is 2. The molecule has 0 atom stereocenters. The van der Waals surface area contributed by atoms with E-state index in [1.807, 2.05) is 31.2 Å². The molecule has 0 aliphatic carbocycles. The van der Waals surface area contributed by atoms with E-state index in [4.69, 9.17) is 16.3 Å². The Morgan fingerprint density at radius 1 is 1.16 bits per heavy atom. The third-order valence-corrected chi connectivity index (χ3v) is 2.80. The quantitative estimate of drug-likeness (QED) is 0.871. The van der Waals surface area contributed by atoms with Gasteiger partial charge >= 0.3 is 0 Å². The van der Waals surface area contributed by atoms with Gasteiger partial charge in [0, 0.05) is 17.3 Å². The highest BCUT2D eigenvalue weighted by Crippen LogP contribution is 2.18. The second-order valence-corrected chi connectivity index (χ2v) is 4.53. The molecule has 2 rings (SSSR count). The van der Waals surface area contributed by atoms with E-state index in [1.54, 1.807) is 6.07 Å². The lowest BCUT2D eigenvalue weighted by Gasteiger charge is -2.08. The molecule has 0 spiro atoms. The van der Waals surface area contributed by atoms with E-state index in [9.17, 15) is 4.39 Å². The average Bonchev–Trinajstić information content (AvgIpc) is 2.37. The third kappa shape index (κ3) is 4.14. The molecule has 1 N–H and O–H groups in total. The monoisotopic (exact) mass is 279 g/mol. The van der Waals surface area contributed by atoms with Crippen molar-refractivity contribution in [2.24, 2.45) is 0 Å². The minimum absolute atomic E-state index is 0.323. The molecule has 0 aliphatic heterocycles. The second-order valence-electron chi connectivity index (χ2n) is 4.09. The van der Waals surface area contributed by atoms with Crippen molar-refractivity contribution in [1.29, 1.82) is 0 Å². The Morgan fingerprint density at radius 3 is 2.53 bits per heavy atom. The van der Waals surface area contributed by atoms with Crippen molar-refractivity contribution in [1.82, 2.24) is 0 Å². The van der Waals surface area contributed by atoms with E-state index < -0.39 is 0 Å². The molecule has 0 bridgehead atoms. The molecular weight excluding hydrogens is 265 g/mol. The van der Waals surface area contributed by atoms with Gasteiger partial charge in [-0.1, -0.05) is 11.6 Å². The molecule has 2 nitrogen and oxygen atoms in total. The molecule has 2 aromatic rings. The SMILES string of the molecule is CCOc1ccc(NCc2cc(F)cc(Cl)c2)cc1. The van der Waals surface area contributed by atoms with Gasteiger partial charge in [0.1, 0.15) is 11.6 Å². The highest BCUT2D eigenvalue weighted by atomic mass is 35.5. The predicted octanol–water partition coefficient (Wildman–Crippen LogP) is 4.49. The minimum atomic E-state index is -0.323. The van der Waals surface area contributed by atoms with Gasteiger partial charge < -0.3 is 10.1 Å². The van der Waals surface area contributed by atoms with Crippen LogP contribution in [0.3, 0.4) is 0 Å². The molecule has 4 heteroatoms. The first-order chi connectivity index (χ1) is 9.17. The van der Waals surface area contributed by atoms with Gasteiger partial charge in [-0.25, -0.2) is 4.39 Å². The van der Waals surface area contributed by atoms with E-state index >= 15 is 0 Å². The summed E-state index contributed by atoms with van der Waals surface area (Å²) in [5.74, 6) is 0.512. The zero-order chi connectivity index (χ0) is 13.7. The number of hydrogen-bond donors (Lipinski definition) is 1. The summed E-state index contributed by atoms with van der Waals surface area (Å²) in [4.78, 5) is 0. The Kier molecular flexibility index (Phi) is 4.63. The number of anilines is 1. The summed E-state index contributed by atoms with van der Waals surface area (Å²) in [5.41, 5.74) is 1.75. The highest BCUT2D eigenvalue weighted by Gasteiger charge is 2.00. The number of rotatable bonds is 5. The molecule has 19 heavy (non-hydrogen) atoms. The Balaban J connectivity index is 1.98. The van der Waals surface area contributed by atoms with Crippen molar-refractivity contribution >= 4 is 17.3 Å². The molecule has 0 radical (unpaired) electrons. The van der Waals surface area contributed by atoms with Crippen molar-refractivity contribution in [3.63, 3.8) is 0 Å². The number of ether oxygens (including phenoxy) is 1. The van der Waals surface area contributed by atoms with Crippen molar-refractivity contribution in [3.05, 3.63) is 58.9 Å². The lowest BCUT2D eigenvalue weighted by molar-refractivity contribution is 0.340. The Labute approximate surface area is 117 Å². The van der Waals surface area contributed by atoms with E-state index in [0.717, 1.165) is 17.0 Å². The summed E-state index contributed by atoms with van der Waals surface area (Å²) < 4.78 is 18.5. The predicted molar refractivity (Wildman–Crippen MR) is 76.3 cm³/mol. The summed E-state index contributed by atoms with van der Waals surface area (Å²) in [6, 6.07) is 12.1. The normalized spacial score (nSPS) is 10.3. The standard InChI is InChI=1S/C15H15ClFNO/c1-2-19-15-5-3-14(4-6-15)18-10-11-7-12(16)9-13(17)8-11/h3-9,18H,2,10H2,1H3. The van der Waals surface area contributed by atoms with Gasteiger partial charge in [0.15, 0.2) is 0 Å². The number of nitrogens with one attached hydrogen (secondary N) is 1. The van der Waals surface area contributed by atoms with Gasteiger partial charge in [-0.05, 0) is 55.0 Å². The van der Waals surface area contributed by atoms with Crippen molar-refractivity contribution in [2.45, 2.75) is 13.5 Å². The molecule has 0 unspecified atom stereocenters. The van der Waals surface area contributed by atoms with Crippen LogP contribution in [0.4, 0.5) is 10.1 Å². The van der Waals surface area contributed by atoms with Crippen LogP contribution in [0.15, 0.2) is 42.5 Å². The first kappa shape index (κ1) is 13.7. The van der Waals surface area contributed by atoms with Gasteiger partial charge in [-0.15, -0.1) is 0 Å². The van der Waals surface area contributed by atoms with Gasteiger partial charge in [0.25, 0.3) is 0 Å². The second kappa shape index (κ2) is 6.43. The molecule has 2 aromatic carbocycles. The van der Waals surface area contributed by atoms with E-state index in [2.05, 4.69) is 5.32 Å². The number of benzene rings is 2. The number of hydrogen-bond acceptors (Lipinski definition) is 2. The molecule has 0 fully saturated rings. The Bertz CT molecular complexity index is 522. The molecule has 100 valence electrons. The van der Waals surface area contributed by atoms with Gasteiger partial charge in [-0.3, -0.25) is 0 Å². The van der Waals surface area contributed by atoms with Crippen molar-refractivity contribution < 1.29 is 9.13 Å². The summed E-state index contributed by atoms with van der Waals surface area (Å²) >= 11 is 5.80. The summed E-state index contributed by atoms with van der Waals surface area (Å²) in [7, 11) is 0. The van der Waals surface area contributed by atoms with Crippen LogP contribution in [-0.4, -0.2) is 6.61 Å². The van der Waals surface area contributed by atoms with Gasteiger partial charge in [-0.2, -0.15) is 0 Å². The average molecular weight is 280 g/mol. The van der Waals surface area contributed by atoms with Crippen LogP contribution in [0.25, 0.3) is 0 Å². The summed E-state index contributed by atoms with van der Waals surface area (Å²) in [5, 5.41) is 3.61. The topological polar surface area (TPSA) is 21.3 Å². The molecule has 0 saturated heterocycles. The maximum atomic E-state index is 13.2. The molecule has 0 amide bonds. The molecular formula is C15H15ClFNO. The van der Waals surface area contributed by atoms with Crippen LogP contribution in [-0.2, 0) is 6.54 Å². The fourth-order valence-corrected chi connectivity index (χ4v) is 2.00. The Hall–Kier alpha value is -1.74. The summed E-state index contributed by atoms with van der Waals surface area (Å²) in [6.07, 6.45) is 0. The van der Waals surface area contributed by atoms with E-state index in [0.29, 0.717) is 18.2 Å². The van der Waals surface area contributed by atoms with Crippen LogP contribution < -0.4 is 10.1 Å². The first-order valence-electron chi connectivity index (χ1n) is 6.09. The lowest BCUT2D eigenvalue weighted by Crippen LogP contribution is -2.00. The van der Waals surface area contributed by atoms with Crippen LogP contribution in [0.1, 0.15) is 12.5 Å². The highest BCUT2D eigenvalue weighted by molar-refractivity contribution is 6.30. The molecule has 0 heterocycles. The van der Waals surface area contributed by atoms with Crippen LogP contribution in [0.2, 0.25) is 5.02 Å². The smallest absolute Gasteiger partial charge is 0.125 e. The molecule has 0 aliphatic rings. The fraction of sp³-hybridized carbons (Fsp3) is 0.200. The van der Waals surface area contributed by atoms with Crippen LogP contribution in [0, 0.1) is 5.82 Å². The zero-order valence-electron chi connectivity index (χ0n) is 10.6. The van der Waals surface area contributed by atoms with Crippen molar-refractivity contribution in [2.75, 3.05) is 11.9 Å². The lowest BCUT2D eigenvalue weighted by atomic mass is 10.2.